The molecule has 1 heterocycles. The number of carboxylic acid groups (broad SMARTS) is 1. The number of aromatic nitrogens is 1. The highest BCUT2D eigenvalue weighted by atomic mass is 32.1. The van der Waals surface area contributed by atoms with Crippen molar-refractivity contribution in [2.75, 3.05) is 20.3 Å². The van der Waals surface area contributed by atoms with Crippen molar-refractivity contribution in [3.05, 3.63) is 46.8 Å². The van der Waals surface area contributed by atoms with Crippen LogP contribution in [0.2, 0.25) is 0 Å². The highest BCUT2D eigenvalue weighted by Gasteiger charge is 2.19. The second-order valence-electron chi connectivity index (χ2n) is 6.74. The molecule has 1 aromatic heterocycles. The van der Waals surface area contributed by atoms with Crippen LogP contribution in [0.3, 0.4) is 0 Å². The fourth-order valence-corrected chi connectivity index (χ4v) is 4.16. The average molecular weight is 453 g/mol. The lowest BCUT2D eigenvalue weighted by Crippen LogP contribution is -2.04. The first kappa shape index (κ1) is 23.1. The van der Waals surface area contributed by atoms with Crippen LogP contribution >= 0.6 is 11.3 Å². The van der Waals surface area contributed by atoms with Gasteiger partial charge in [-0.1, -0.05) is 0 Å². The Morgan fingerprint density at radius 2 is 1.88 bits per heavy atom. The molecule has 32 heavy (non-hydrogen) atoms. The van der Waals surface area contributed by atoms with Gasteiger partial charge in [0.2, 0.25) is 0 Å². The van der Waals surface area contributed by atoms with E-state index in [0.717, 1.165) is 10.6 Å². The number of rotatable bonds is 10. The highest BCUT2D eigenvalue weighted by molar-refractivity contribution is 7.13. The number of methoxy groups -OCH3 is 1. The summed E-state index contributed by atoms with van der Waals surface area (Å²) in [6.07, 6.45) is 0.648. The topological polar surface area (TPSA) is 102 Å². The van der Waals surface area contributed by atoms with Gasteiger partial charge in [-0.2, -0.15) is 5.26 Å². The van der Waals surface area contributed by atoms with Crippen molar-refractivity contribution in [1.29, 1.82) is 5.26 Å². The number of ether oxygens (including phenoxy) is 3. The molecule has 0 bridgehead atoms. The van der Waals surface area contributed by atoms with E-state index in [4.69, 9.17) is 24.5 Å². The third-order valence-electron chi connectivity index (χ3n) is 4.70. The predicted octanol–water partition coefficient (Wildman–Crippen LogP) is 5.44. The third-order valence-corrected chi connectivity index (χ3v) is 5.59. The molecular weight excluding hydrogens is 428 g/mol. The number of aryl methyl sites for hydroxylation is 1. The van der Waals surface area contributed by atoms with Gasteiger partial charge in [0.1, 0.15) is 16.3 Å². The van der Waals surface area contributed by atoms with Crippen molar-refractivity contribution in [2.45, 2.75) is 26.7 Å². The Morgan fingerprint density at radius 1 is 1.12 bits per heavy atom. The normalized spacial score (nSPS) is 10.4. The van der Waals surface area contributed by atoms with Crippen LogP contribution in [-0.2, 0) is 6.42 Å². The minimum atomic E-state index is -1.09. The molecular formula is C24H24N2O5S. The Labute approximate surface area is 190 Å². The first-order valence-corrected chi connectivity index (χ1v) is 11.1. The van der Waals surface area contributed by atoms with E-state index in [1.165, 1.54) is 18.4 Å². The Bertz CT molecular complexity index is 1150. The van der Waals surface area contributed by atoms with Crippen LogP contribution in [0, 0.1) is 11.3 Å². The van der Waals surface area contributed by atoms with E-state index in [0.29, 0.717) is 48.0 Å². The highest BCUT2D eigenvalue weighted by Crippen LogP contribution is 2.37. The van der Waals surface area contributed by atoms with Gasteiger partial charge in [-0.05, 0) is 56.2 Å². The first-order chi connectivity index (χ1) is 15.5. The molecule has 0 fully saturated rings. The third kappa shape index (κ3) is 5.01. The number of carboxylic acids is 1. The van der Waals surface area contributed by atoms with Crippen LogP contribution in [0.25, 0.3) is 21.8 Å². The van der Waals surface area contributed by atoms with Gasteiger partial charge in [-0.15, -0.1) is 11.3 Å². The standard InChI is InChI=1S/C24H24N2O5S/c1-4-30-20-9-8-16(13-21(20)31-5-2)23-26-19(14-32-23)17-11-15(7-6-10-25)22(29-3)18(12-17)24(27)28/h8-9,11-14H,4-7H2,1-3H3,(H,27,28). The van der Waals surface area contributed by atoms with E-state index < -0.39 is 5.97 Å². The predicted molar refractivity (Wildman–Crippen MR) is 123 cm³/mol. The summed E-state index contributed by atoms with van der Waals surface area (Å²) >= 11 is 1.45. The monoisotopic (exact) mass is 452 g/mol. The minimum Gasteiger partial charge on any atom is -0.496 e. The van der Waals surface area contributed by atoms with E-state index in [9.17, 15) is 9.90 Å². The van der Waals surface area contributed by atoms with Gasteiger partial charge < -0.3 is 19.3 Å². The SMILES string of the molecule is CCOc1ccc(-c2nc(-c3cc(CCC#N)c(OC)c(C(=O)O)c3)cs2)cc1OCC. The number of nitrogens with zero attached hydrogens (tertiary/aromatic N) is 2. The lowest BCUT2D eigenvalue weighted by atomic mass is 9.99. The molecule has 8 heteroatoms. The van der Waals surface area contributed by atoms with Crippen molar-refractivity contribution in [3.8, 4) is 45.1 Å². The number of benzene rings is 2. The number of aromatic carboxylic acids is 1. The Kier molecular flexibility index (Phi) is 7.68. The maximum absolute atomic E-state index is 11.8. The molecule has 0 amide bonds. The van der Waals surface area contributed by atoms with Crippen LogP contribution in [0.1, 0.15) is 36.2 Å². The maximum atomic E-state index is 11.8. The minimum absolute atomic E-state index is 0.0483. The second kappa shape index (κ2) is 10.6. The molecule has 0 aliphatic heterocycles. The zero-order chi connectivity index (χ0) is 23.1. The van der Waals surface area contributed by atoms with E-state index in [1.807, 2.05) is 43.5 Å². The van der Waals surface area contributed by atoms with Crippen LogP contribution in [0.15, 0.2) is 35.7 Å². The van der Waals surface area contributed by atoms with Gasteiger partial charge in [-0.3, -0.25) is 0 Å². The number of thiazole rings is 1. The first-order valence-electron chi connectivity index (χ1n) is 10.2. The smallest absolute Gasteiger partial charge is 0.339 e. The molecule has 0 aliphatic carbocycles. The summed E-state index contributed by atoms with van der Waals surface area (Å²) in [4.78, 5) is 16.5. The number of carbonyl (C=O) groups is 1. The molecule has 166 valence electrons. The van der Waals surface area contributed by atoms with Crippen molar-refractivity contribution in [3.63, 3.8) is 0 Å². The average Bonchev–Trinajstić information content (AvgIpc) is 3.28. The fourth-order valence-electron chi connectivity index (χ4n) is 3.34. The van der Waals surface area contributed by atoms with Gasteiger partial charge >= 0.3 is 5.97 Å². The van der Waals surface area contributed by atoms with E-state index >= 15 is 0 Å². The van der Waals surface area contributed by atoms with Crippen molar-refractivity contribution in [2.24, 2.45) is 0 Å². The number of hydrogen-bond donors (Lipinski definition) is 1. The van der Waals surface area contributed by atoms with Crippen LogP contribution < -0.4 is 14.2 Å². The summed E-state index contributed by atoms with van der Waals surface area (Å²) < 4.78 is 16.7. The maximum Gasteiger partial charge on any atom is 0.339 e. The molecule has 7 nitrogen and oxygen atoms in total. The van der Waals surface area contributed by atoms with Crippen molar-refractivity contribution >= 4 is 17.3 Å². The summed E-state index contributed by atoms with van der Waals surface area (Å²) in [6, 6.07) is 11.2. The number of nitriles is 1. The van der Waals surface area contributed by atoms with E-state index in [2.05, 4.69) is 6.07 Å². The Hall–Kier alpha value is -3.57. The molecule has 0 aliphatic rings. The Balaban J connectivity index is 2.02. The molecule has 0 saturated carbocycles. The van der Waals surface area contributed by atoms with Gasteiger partial charge in [0.15, 0.2) is 11.5 Å². The van der Waals surface area contributed by atoms with Crippen molar-refractivity contribution < 1.29 is 24.1 Å². The lowest BCUT2D eigenvalue weighted by Gasteiger charge is -2.13. The summed E-state index contributed by atoms with van der Waals surface area (Å²) in [5.41, 5.74) is 2.91. The van der Waals surface area contributed by atoms with Crippen molar-refractivity contribution in [1.82, 2.24) is 4.98 Å². The summed E-state index contributed by atoms with van der Waals surface area (Å²) in [5.74, 6) is 0.517. The molecule has 2 aromatic carbocycles. The Morgan fingerprint density at radius 3 is 2.53 bits per heavy atom. The van der Waals surface area contributed by atoms with E-state index in [1.54, 1.807) is 6.07 Å². The largest absolute Gasteiger partial charge is 0.496 e. The van der Waals surface area contributed by atoms with Crippen LogP contribution in [0.5, 0.6) is 17.2 Å². The van der Waals surface area contributed by atoms with Crippen LogP contribution in [-0.4, -0.2) is 36.4 Å². The van der Waals surface area contributed by atoms with Gasteiger partial charge in [0.25, 0.3) is 0 Å². The summed E-state index contributed by atoms with van der Waals surface area (Å²) in [5, 5.41) is 21.3. The molecule has 0 radical (unpaired) electrons. The fraction of sp³-hybridized carbons (Fsp3) is 0.292. The van der Waals surface area contributed by atoms with Gasteiger partial charge in [0.05, 0.1) is 32.1 Å². The molecule has 1 N–H and O–H groups in total. The molecule has 0 atom stereocenters. The molecule has 3 rings (SSSR count). The van der Waals surface area contributed by atoms with Gasteiger partial charge in [0, 0.05) is 22.9 Å². The molecule has 0 spiro atoms. The summed E-state index contributed by atoms with van der Waals surface area (Å²) in [6.45, 7) is 4.89. The van der Waals surface area contributed by atoms with E-state index in [-0.39, 0.29) is 17.7 Å². The molecule has 0 unspecified atom stereocenters. The zero-order valence-corrected chi connectivity index (χ0v) is 19.0. The zero-order valence-electron chi connectivity index (χ0n) is 18.2. The second-order valence-corrected chi connectivity index (χ2v) is 7.60. The van der Waals surface area contributed by atoms with Crippen LogP contribution in [0.4, 0.5) is 0 Å². The summed E-state index contributed by atoms with van der Waals surface area (Å²) in [7, 11) is 1.43. The van der Waals surface area contributed by atoms with Gasteiger partial charge in [-0.25, -0.2) is 9.78 Å². The molecule has 0 saturated heterocycles. The quantitative estimate of drug-likeness (QED) is 0.437. The number of hydrogen-bond acceptors (Lipinski definition) is 7. The molecule has 3 aromatic rings. The lowest BCUT2D eigenvalue weighted by molar-refractivity contribution is 0.0693.